The molecule has 0 aliphatic carbocycles. The molecule has 0 bridgehead atoms. The van der Waals surface area contributed by atoms with Crippen molar-refractivity contribution in [1.29, 1.82) is 0 Å². The van der Waals surface area contributed by atoms with Crippen molar-refractivity contribution in [3.05, 3.63) is 101 Å². The summed E-state index contributed by atoms with van der Waals surface area (Å²) in [5, 5.41) is 13.3. The molecule has 0 spiro atoms. The molecule has 4 N–H and O–H groups in total. The van der Waals surface area contributed by atoms with Crippen LogP contribution in [-0.4, -0.2) is 26.1 Å². The molecule has 0 radical (unpaired) electrons. The maximum atomic E-state index is 13.1. The van der Waals surface area contributed by atoms with Gasteiger partial charge in [-0.3, -0.25) is 9.89 Å². The molecule has 0 atom stereocenters. The van der Waals surface area contributed by atoms with Gasteiger partial charge in [0, 0.05) is 40.0 Å². The molecule has 3 aromatic carbocycles. The summed E-state index contributed by atoms with van der Waals surface area (Å²) in [6.45, 7) is 1.95. The first kappa shape index (κ1) is 24.2. The lowest BCUT2D eigenvalue weighted by Crippen LogP contribution is -2.04. The van der Waals surface area contributed by atoms with Gasteiger partial charge < -0.3 is 15.6 Å². The fraction of sp³-hybridized carbons (Fsp3) is 0.0690. The fourth-order valence-corrected chi connectivity index (χ4v) is 4.42. The van der Waals surface area contributed by atoms with E-state index in [-0.39, 0.29) is 17.3 Å². The van der Waals surface area contributed by atoms with Crippen molar-refractivity contribution in [2.75, 3.05) is 10.6 Å². The predicted molar refractivity (Wildman–Crippen MR) is 144 cm³/mol. The molecule has 0 fully saturated rings. The van der Waals surface area contributed by atoms with Crippen LogP contribution in [-0.2, 0) is 11.0 Å². The largest absolute Gasteiger partial charge is 0.416 e. The first-order valence-electron chi connectivity index (χ1n) is 12.0. The number of rotatable bonds is 5. The molecule has 3 heterocycles. The minimum absolute atomic E-state index is 0.170. The second-order valence-electron chi connectivity index (χ2n) is 9.14. The van der Waals surface area contributed by atoms with Crippen molar-refractivity contribution >= 4 is 34.6 Å². The van der Waals surface area contributed by atoms with Gasteiger partial charge in [0.05, 0.1) is 16.8 Å². The van der Waals surface area contributed by atoms with Gasteiger partial charge in [0.15, 0.2) is 11.6 Å². The zero-order chi connectivity index (χ0) is 27.1. The molecule has 0 saturated carbocycles. The number of nitrogens with zero attached hydrogens (tertiary/aromatic N) is 2. The average molecular weight is 527 g/mol. The van der Waals surface area contributed by atoms with Gasteiger partial charge in [-0.2, -0.15) is 18.3 Å². The first-order chi connectivity index (χ1) is 18.7. The monoisotopic (exact) mass is 526 g/mol. The first-order valence-corrected chi connectivity index (χ1v) is 12.0. The van der Waals surface area contributed by atoms with Crippen LogP contribution >= 0.6 is 0 Å². The van der Waals surface area contributed by atoms with Gasteiger partial charge in [0.1, 0.15) is 0 Å². The highest BCUT2D eigenvalue weighted by molar-refractivity contribution is 6.35. The van der Waals surface area contributed by atoms with Gasteiger partial charge in [0.25, 0.3) is 5.91 Å². The number of carbonyl (C=O) groups is 1. The van der Waals surface area contributed by atoms with Crippen LogP contribution in [0.5, 0.6) is 0 Å². The smallest absolute Gasteiger partial charge is 0.362 e. The Hall–Kier alpha value is -5.12. The number of fused-ring (bicyclic) bond motifs is 1. The summed E-state index contributed by atoms with van der Waals surface area (Å²) in [6.07, 6.45) is -0.839. The Balaban J connectivity index is 1.26. The van der Waals surface area contributed by atoms with Crippen molar-refractivity contribution in [3.8, 4) is 22.8 Å². The summed E-state index contributed by atoms with van der Waals surface area (Å²) >= 11 is 0. The normalized spacial score (nSPS) is 13.9. The molecule has 7 nitrogen and oxygen atoms in total. The maximum Gasteiger partial charge on any atom is 0.416 e. The van der Waals surface area contributed by atoms with Crippen molar-refractivity contribution in [3.63, 3.8) is 0 Å². The van der Waals surface area contributed by atoms with E-state index in [1.54, 1.807) is 6.20 Å². The number of benzene rings is 3. The Labute approximate surface area is 220 Å². The van der Waals surface area contributed by atoms with E-state index in [9.17, 15) is 18.0 Å². The van der Waals surface area contributed by atoms with E-state index < -0.39 is 11.7 Å². The number of H-pyrrole nitrogens is 2. The molecular weight excluding hydrogens is 505 g/mol. The molecule has 0 unspecified atom stereocenters. The standard InChI is InChI=1S/C29H21F3N6O/c1-16-7-8-18(27-36-26(37-38-27)17-4-2-5-19(12-17)29(30,31)32)13-24(16)34-21-9-10-22-23(14-20-6-3-11-33-20)28(39)35-25(22)15-21/h2-15,33-34H,1H3,(H,35,39)(H,36,37,38)/b23-14-. The molecule has 1 amide bonds. The van der Waals surface area contributed by atoms with Gasteiger partial charge in [0.2, 0.25) is 0 Å². The Morgan fingerprint density at radius 3 is 2.62 bits per heavy atom. The minimum Gasteiger partial charge on any atom is -0.362 e. The van der Waals surface area contributed by atoms with Crippen LogP contribution in [0.4, 0.5) is 30.2 Å². The Kier molecular flexibility index (Phi) is 5.79. The van der Waals surface area contributed by atoms with Crippen molar-refractivity contribution in [1.82, 2.24) is 20.2 Å². The molecule has 194 valence electrons. The molecule has 1 aliphatic rings. The van der Waals surface area contributed by atoms with Crippen molar-refractivity contribution in [2.45, 2.75) is 13.1 Å². The number of aromatic amines is 2. The summed E-state index contributed by atoms with van der Waals surface area (Å²) in [4.78, 5) is 20.1. The molecule has 2 aromatic heterocycles. The van der Waals surface area contributed by atoms with Gasteiger partial charge in [-0.05, 0) is 61.0 Å². The third kappa shape index (κ3) is 4.79. The number of carbonyl (C=O) groups excluding carboxylic acids is 1. The van der Waals surface area contributed by atoms with Gasteiger partial charge in [-0.25, -0.2) is 4.98 Å². The van der Waals surface area contributed by atoms with Crippen LogP contribution in [0.1, 0.15) is 22.4 Å². The van der Waals surface area contributed by atoms with Crippen molar-refractivity contribution < 1.29 is 18.0 Å². The second kappa shape index (κ2) is 9.32. The number of alkyl halides is 3. The second-order valence-corrected chi connectivity index (χ2v) is 9.14. The Morgan fingerprint density at radius 2 is 1.82 bits per heavy atom. The summed E-state index contributed by atoms with van der Waals surface area (Å²) in [6, 6.07) is 20.0. The van der Waals surface area contributed by atoms with E-state index in [1.165, 1.54) is 12.1 Å². The third-order valence-corrected chi connectivity index (χ3v) is 6.45. The zero-order valence-electron chi connectivity index (χ0n) is 20.5. The summed E-state index contributed by atoms with van der Waals surface area (Å²) in [5.74, 6) is 0.423. The van der Waals surface area contributed by atoms with Gasteiger partial charge in [-0.1, -0.05) is 30.3 Å². The third-order valence-electron chi connectivity index (χ3n) is 6.45. The number of nitrogens with one attached hydrogen (secondary N) is 4. The number of amides is 1. The molecule has 39 heavy (non-hydrogen) atoms. The molecule has 0 saturated heterocycles. The molecule has 5 aromatic rings. The van der Waals surface area contributed by atoms with Crippen LogP contribution in [0.15, 0.2) is 79.0 Å². The van der Waals surface area contributed by atoms with Crippen molar-refractivity contribution in [2.24, 2.45) is 0 Å². The summed E-state index contributed by atoms with van der Waals surface area (Å²) in [5.41, 5.74) is 5.70. The fourth-order valence-electron chi connectivity index (χ4n) is 4.42. The van der Waals surface area contributed by atoms with Crippen LogP contribution in [0.3, 0.4) is 0 Å². The zero-order valence-corrected chi connectivity index (χ0v) is 20.5. The highest BCUT2D eigenvalue weighted by Crippen LogP contribution is 2.37. The van der Waals surface area contributed by atoms with E-state index >= 15 is 0 Å². The highest BCUT2D eigenvalue weighted by Gasteiger charge is 2.30. The van der Waals surface area contributed by atoms with Gasteiger partial charge in [-0.15, -0.1) is 0 Å². The van der Waals surface area contributed by atoms with E-state index in [4.69, 9.17) is 0 Å². The lowest BCUT2D eigenvalue weighted by Gasteiger charge is -2.12. The van der Waals surface area contributed by atoms with E-state index in [2.05, 4.69) is 30.8 Å². The summed E-state index contributed by atoms with van der Waals surface area (Å²) < 4.78 is 39.4. The topological polar surface area (TPSA) is 98.5 Å². The number of anilines is 3. The van der Waals surface area contributed by atoms with Crippen LogP contribution in [0, 0.1) is 6.92 Å². The molecule has 10 heteroatoms. The molecule has 1 aliphatic heterocycles. The van der Waals surface area contributed by atoms with E-state index in [0.29, 0.717) is 22.6 Å². The predicted octanol–water partition coefficient (Wildman–Crippen LogP) is 7.03. The lowest BCUT2D eigenvalue weighted by molar-refractivity contribution is -0.137. The number of hydrogen-bond donors (Lipinski definition) is 4. The van der Waals surface area contributed by atoms with Crippen LogP contribution in [0.25, 0.3) is 34.4 Å². The Bertz CT molecular complexity index is 1730. The minimum atomic E-state index is -4.45. The highest BCUT2D eigenvalue weighted by atomic mass is 19.4. The van der Waals surface area contributed by atoms with Crippen LogP contribution < -0.4 is 10.6 Å². The summed E-state index contributed by atoms with van der Waals surface area (Å²) in [7, 11) is 0. The lowest BCUT2D eigenvalue weighted by atomic mass is 10.0. The number of aromatic nitrogens is 4. The molecular formula is C29H21F3N6O. The van der Waals surface area contributed by atoms with Crippen LogP contribution in [0.2, 0.25) is 0 Å². The SMILES string of the molecule is Cc1ccc(-c2nc(-c3cccc(C(F)(F)F)c3)n[nH]2)cc1Nc1ccc2c(c1)NC(=O)/C2=C\c1ccc[nH]1. The van der Waals surface area contributed by atoms with E-state index in [1.807, 2.05) is 61.5 Å². The quantitative estimate of drug-likeness (QED) is 0.185. The molecule has 6 rings (SSSR count). The maximum absolute atomic E-state index is 13.1. The average Bonchev–Trinajstić information content (AvgIpc) is 3.67. The number of hydrogen-bond acceptors (Lipinski definition) is 4. The van der Waals surface area contributed by atoms with E-state index in [0.717, 1.165) is 40.3 Å². The number of aryl methyl sites for hydroxylation is 1. The van der Waals surface area contributed by atoms with Gasteiger partial charge >= 0.3 is 6.18 Å². The Morgan fingerprint density at radius 1 is 0.949 bits per heavy atom. The number of halogens is 3.